The van der Waals surface area contributed by atoms with Crippen LogP contribution in [0.25, 0.3) is 10.2 Å². The zero-order valence-electron chi connectivity index (χ0n) is 20.3. The maximum Gasteiger partial charge on any atom is 0.258 e. The number of hydrogen-bond donors (Lipinski definition) is 1. The van der Waals surface area contributed by atoms with Gasteiger partial charge in [0.15, 0.2) is 4.34 Å². The number of ether oxygens (including phenoxy) is 1. The highest BCUT2D eigenvalue weighted by atomic mass is 32.2. The maximum atomic E-state index is 13.7. The van der Waals surface area contributed by atoms with Gasteiger partial charge in [0, 0.05) is 23.5 Å². The highest BCUT2D eigenvalue weighted by molar-refractivity contribution is 8.00. The molecule has 0 saturated carbocycles. The summed E-state index contributed by atoms with van der Waals surface area (Å²) in [5.74, 6) is 1.56. The van der Waals surface area contributed by atoms with Gasteiger partial charge in [0.1, 0.15) is 11.9 Å². The van der Waals surface area contributed by atoms with Crippen molar-refractivity contribution < 1.29 is 9.53 Å². The van der Waals surface area contributed by atoms with Gasteiger partial charge in [-0.2, -0.15) is 0 Å². The lowest BCUT2D eigenvalue weighted by atomic mass is 10.0. The van der Waals surface area contributed by atoms with Crippen LogP contribution >= 0.6 is 23.1 Å². The van der Waals surface area contributed by atoms with Crippen molar-refractivity contribution in [1.29, 1.82) is 0 Å². The summed E-state index contributed by atoms with van der Waals surface area (Å²) in [5.41, 5.74) is 5.73. The third-order valence-corrected chi connectivity index (χ3v) is 8.69. The molecule has 1 N–H and O–H groups in total. The molecule has 6 rings (SSSR count). The molecule has 1 aliphatic heterocycles. The van der Waals surface area contributed by atoms with Crippen molar-refractivity contribution in [3.63, 3.8) is 0 Å². The average Bonchev–Trinajstić information content (AvgIpc) is 3.37. The monoisotopic (exact) mass is 523 g/mol. The number of aromatic nitrogens is 1. The van der Waals surface area contributed by atoms with E-state index in [2.05, 4.69) is 29.6 Å². The highest BCUT2D eigenvalue weighted by Crippen LogP contribution is 2.38. The van der Waals surface area contributed by atoms with Crippen LogP contribution in [0.4, 0.5) is 5.69 Å². The number of methoxy groups -OCH3 is 1. The largest absolute Gasteiger partial charge is 0.496 e. The lowest BCUT2D eigenvalue weighted by molar-refractivity contribution is 0.0666. The normalized spacial score (nSPS) is 14.9. The Labute approximate surface area is 224 Å². The summed E-state index contributed by atoms with van der Waals surface area (Å²) in [5, 5.41) is 3.62. The van der Waals surface area contributed by atoms with Gasteiger partial charge in [-0.25, -0.2) is 4.98 Å². The van der Waals surface area contributed by atoms with Crippen LogP contribution in [0.3, 0.4) is 0 Å². The van der Waals surface area contributed by atoms with Crippen LogP contribution in [0.15, 0.2) is 101 Å². The van der Waals surface area contributed by atoms with E-state index in [4.69, 9.17) is 9.72 Å². The average molecular weight is 524 g/mol. The zero-order valence-corrected chi connectivity index (χ0v) is 21.9. The highest BCUT2D eigenvalue weighted by Gasteiger charge is 2.33. The van der Waals surface area contributed by atoms with Gasteiger partial charge in [0.2, 0.25) is 0 Å². The minimum Gasteiger partial charge on any atom is -0.496 e. The lowest BCUT2D eigenvalue weighted by Crippen LogP contribution is -2.42. The first kappa shape index (κ1) is 23.6. The number of anilines is 1. The van der Waals surface area contributed by atoms with E-state index in [1.54, 1.807) is 30.2 Å². The number of nitrogens with zero attached hydrogens (tertiary/aromatic N) is 2. The molecule has 0 aliphatic carbocycles. The Morgan fingerprint density at radius 1 is 0.973 bits per heavy atom. The molecule has 5 aromatic rings. The summed E-state index contributed by atoms with van der Waals surface area (Å²) in [6.45, 7) is 0.507. The van der Waals surface area contributed by atoms with Crippen molar-refractivity contribution in [3.05, 3.63) is 119 Å². The quantitative estimate of drug-likeness (QED) is 0.226. The molecular weight excluding hydrogens is 498 g/mol. The third-order valence-electron chi connectivity index (χ3n) is 6.46. The first-order valence-electron chi connectivity index (χ1n) is 12.1. The predicted molar refractivity (Wildman–Crippen MR) is 151 cm³/mol. The first-order chi connectivity index (χ1) is 18.2. The molecule has 1 amide bonds. The van der Waals surface area contributed by atoms with Crippen LogP contribution in [0, 0.1) is 0 Å². The Hall–Kier alpha value is -3.81. The Morgan fingerprint density at radius 3 is 2.59 bits per heavy atom. The van der Waals surface area contributed by atoms with Crippen molar-refractivity contribution in [3.8, 4) is 5.75 Å². The number of thioether (sulfide) groups is 1. The number of carbonyl (C=O) groups excluding carboxylic acids is 1. The molecule has 184 valence electrons. The van der Waals surface area contributed by atoms with Gasteiger partial charge in [0.25, 0.3) is 5.91 Å². The molecular formula is C30H25N3O2S2. The number of para-hydroxylation sites is 2. The Morgan fingerprint density at radius 2 is 1.76 bits per heavy atom. The first-order valence-corrected chi connectivity index (χ1v) is 13.9. The van der Waals surface area contributed by atoms with E-state index >= 15 is 0 Å². The maximum absolute atomic E-state index is 13.7. The van der Waals surface area contributed by atoms with Crippen LogP contribution in [0.1, 0.15) is 33.2 Å². The summed E-state index contributed by atoms with van der Waals surface area (Å²) in [6, 6.07) is 32.2. The second kappa shape index (κ2) is 10.3. The molecule has 1 atom stereocenters. The van der Waals surface area contributed by atoms with Gasteiger partial charge in [-0.1, -0.05) is 72.4 Å². The number of amides is 1. The van der Waals surface area contributed by atoms with Crippen LogP contribution < -0.4 is 10.1 Å². The predicted octanol–water partition coefficient (Wildman–Crippen LogP) is 7.36. The van der Waals surface area contributed by atoms with Crippen molar-refractivity contribution >= 4 is 44.9 Å². The number of carbonyl (C=O) groups is 1. The second-order valence-corrected chi connectivity index (χ2v) is 11.1. The Kier molecular flexibility index (Phi) is 6.55. The SMILES string of the molecule is COc1ccc(C2Nc3ccccc3C(=O)N2Cc2ccccc2)cc1CSc1nc2ccccc2s1. The molecule has 4 aromatic carbocycles. The summed E-state index contributed by atoms with van der Waals surface area (Å²) < 4.78 is 7.92. The standard InChI is InChI=1S/C30H25N3O2S2/c1-35-26-16-15-21(17-22(26)19-36-30-32-25-13-7-8-14-27(25)37-30)28-31-24-12-6-5-11-23(24)29(34)33(28)18-20-9-3-2-4-10-20/h2-17,28,31H,18-19H2,1H3. The summed E-state index contributed by atoms with van der Waals surface area (Å²) >= 11 is 3.41. The lowest BCUT2D eigenvalue weighted by Gasteiger charge is -2.38. The van der Waals surface area contributed by atoms with E-state index in [9.17, 15) is 4.79 Å². The van der Waals surface area contributed by atoms with Crippen LogP contribution in [0.5, 0.6) is 5.75 Å². The van der Waals surface area contributed by atoms with Gasteiger partial charge >= 0.3 is 0 Å². The zero-order chi connectivity index (χ0) is 25.2. The van der Waals surface area contributed by atoms with Gasteiger partial charge in [0.05, 0.1) is 22.9 Å². The molecule has 7 heteroatoms. The van der Waals surface area contributed by atoms with Gasteiger partial charge < -0.3 is 15.0 Å². The fraction of sp³-hybridized carbons (Fsp3) is 0.133. The van der Waals surface area contributed by atoms with E-state index in [0.717, 1.165) is 38.0 Å². The van der Waals surface area contributed by atoms with Crippen molar-refractivity contribution in [2.24, 2.45) is 0 Å². The van der Waals surface area contributed by atoms with Gasteiger partial charge in [-0.15, -0.1) is 11.3 Å². The summed E-state index contributed by atoms with van der Waals surface area (Å²) in [7, 11) is 1.70. The number of nitrogens with one attached hydrogen (secondary N) is 1. The molecule has 1 aromatic heterocycles. The summed E-state index contributed by atoms with van der Waals surface area (Å²) in [6.07, 6.45) is -0.306. The molecule has 0 saturated heterocycles. The second-order valence-electron chi connectivity index (χ2n) is 8.82. The fourth-order valence-corrected chi connectivity index (χ4v) is 6.68. The van der Waals surface area contributed by atoms with E-state index in [1.165, 1.54) is 4.70 Å². The molecule has 5 nitrogen and oxygen atoms in total. The Bertz CT molecular complexity index is 1530. The smallest absolute Gasteiger partial charge is 0.258 e. The van der Waals surface area contributed by atoms with Crippen molar-refractivity contribution in [1.82, 2.24) is 9.88 Å². The van der Waals surface area contributed by atoms with Crippen LogP contribution in [0.2, 0.25) is 0 Å². The summed E-state index contributed by atoms with van der Waals surface area (Å²) in [4.78, 5) is 20.3. The number of rotatable bonds is 7. The molecule has 0 bridgehead atoms. The van der Waals surface area contributed by atoms with E-state index < -0.39 is 0 Å². The van der Waals surface area contributed by atoms with E-state index in [1.807, 2.05) is 77.7 Å². The third kappa shape index (κ3) is 4.80. The minimum atomic E-state index is -0.306. The minimum absolute atomic E-state index is 0.0180. The topological polar surface area (TPSA) is 54.5 Å². The molecule has 1 aliphatic rings. The molecule has 37 heavy (non-hydrogen) atoms. The van der Waals surface area contributed by atoms with Gasteiger partial charge in [-0.3, -0.25) is 4.79 Å². The van der Waals surface area contributed by atoms with Gasteiger partial charge in [-0.05, 0) is 47.5 Å². The number of benzene rings is 4. The molecule has 0 fully saturated rings. The molecule has 1 unspecified atom stereocenters. The Balaban J connectivity index is 1.33. The number of fused-ring (bicyclic) bond motifs is 2. The van der Waals surface area contributed by atoms with Crippen LogP contribution in [-0.4, -0.2) is 22.9 Å². The van der Waals surface area contributed by atoms with E-state index in [0.29, 0.717) is 17.9 Å². The number of thiazole rings is 1. The van der Waals surface area contributed by atoms with Crippen molar-refractivity contribution in [2.75, 3.05) is 12.4 Å². The molecule has 0 radical (unpaired) electrons. The fourth-order valence-electron chi connectivity index (χ4n) is 4.63. The number of hydrogen-bond acceptors (Lipinski definition) is 6. The van der Waals surface area contributed by atoms with E-state index in [-0.39, 0.29) is 12.1 Å². The van der Waals surface area contributed by atoms with Crippen molar-refractivity contribution in [2.45, 2.75) is 22.8 Å². The van der Waals surface area contributed by atoms with Crippen LogP contribution in [-0.2, 0) is 12.3 Å². The molecule has 2 heterocycles. The molecule has 0 spiro atoms.